The largest absolute Gasteiger partial charge is 0.329 e. The Balaban J connectivity index is 2.17. The highest BCUT2D eigenvalue weighted by molar-refractivity contribution is 7.99. The van der Waals surface area contributed by atoms with Crippen molar-refractivity contribution in [3.05, 3.63) is 0 Å². The van der Waals surface area contributed by atoms with E-state index in [2.05, 4.69) is 49.5 Å². The van der Waals surface area contributed by atoms with Crippen LogP contribution in [-0.2, 0) is 0 Å². The summed E-state index contributed by atoms with van der Waals surface area (Å²) in [7, 11) is 4.40. The summed E-state index contributed by atoms with van der Waals surface area (Å²) in [5, 5.41) is 0. The Hall–Kier alpha value is 0.230. The van der Waals surface area contributed by atoms with E-state index in [0.29, 0.717) is 11.5 Å². The maximum atomic E-state index is 6.25. The summed E-state index contributed by atoms with van der Waals surface area (Å²) >= 11 is 2.09. The maximum Gasteiger partial charge on any atom is 0.0473 e. The monoisotopic (exact) mass is 271 g/mol. The molecule has 0 saturated carbocycles. The van der Waals surface area contributed by atoms with Crippen LogP contribution < -0.4 is 5.73 Å². The quantitative estimate of drug-likeness (QED) is 0.843. The van der Waals surface area contributed by atoms with Gasteiger partial charge in [0.05, 0.1) is 0 Å². The highest BCUT2D eigenvalue weighted by atomic mass is 32.2. The Kier molecular flexibility index (Phi) is 4.32. The van der Waals surface area contributed by atoms with Gasteiger partial charge in [0, 0.05) is 37.0 Å². The van der Waals surface area contributed by atoms with Gasteiger partial charge in [0.2, 0.25) is 0 Å². The molecule has 18 heavy (non-hydrogen) atoms. The van der Waals surface area contributed by atoms with E-state index in [1.54, 1.807) is 0 Å². The average Bonchev–Trinajstić information content (AvgIpc) is 2.79. The molecule has 2 aliphatic heterocycles. The molecule has 2 heterocycles. The minimum Gasteiger partial charge on any atom is -0.329 e. The van der Waals surface area contributed by atoms with Crippen LogP contribution >= 0.6 is 11.8 Å². The van der Waals surface area contributed by atoms with E-state index in [0.717, 1.165) is 6.54 Å². The predicted octanol–water partition coefficient (Wildman–Crippen LogP) is 1.48. The van der Waals surface area contributed by atoms with E-state index in [1.165, 1.54) is 37.4 Å². The van der Waals surface area contributed by atoms with Crippen molar-refractivity contribution in [3.63, 3.8) is 0 Å². The number of likely N-dealkylation sites (N-methyl/N-ethyl adjacent to an activating group) is 1. The molecule has 0 aliphatic carbocycles. The fourth-order valence-corrected chi connectivity index (χ4v) is 5.36. The molecule has 2 rings (SSSR count). The summed E-state index contributed by atoms with van der Waals surface area (Å²) < 4.78 is 0. The summed E-state index contributed by atoms with van der Waals surface area (Å²) in [5.41, 5.74) is 6.80. The first-order valence-electron chi connectivity index (χ1n) is 7.12. The molecule has 2 atom stereocenters. The van der Waals surface area contributed by atoms with E-state index in [9.17, 15) is 0 Å². The lowest BCUT2D eigenvalue weighted by Crippen LogP contribution is -2.65. The zero-order valence-electron chi connectivity index (χ0n) is 12.4. The van der Waals surface area contributed by atoms with E-state index in [-0.39, 0.29) is 5.54 Å². The molecule has 3 nitrogen and oxygen atoms in total. The molecule has 0 aromatic heterocycles. The first kappa shape index (κ1) is 14.6. The van der Waals surface area contributed by atoms with Crippen molar-refractivity contribution in [2.45, 2.75) is 38.3 Å². The molecule has 0 amide bonds. The third-order valence-corrected chi connectivity index (χ3v) is 6.48. The number of hydrogen-bond acceptors (Lipinski definition) is 4. The lowest BCUT2D eigenvalue weighted by Gasteiger charge is -2.54. The maximum absolute atomic E-state index is 6.25. The van der Waals surface area contributed by atoms with E-state index in [1.807, 2.05) is 0 Å². The minimum absolute atomic E-state index is 0.209. The molecule has 0 spiro atoms. The van der Waals surface area contributed by atoms with Crippen LogP contribution in [0, 0.1) is 5.41 Å². The van der Waals surface area contributed by atoms with Gasteiger partial charge in [-0.25, -0.2) is 0 Å². The Morgan fingerprint density at radius 2 is 2.11 bits per heavy atom. The highest BCUT2D eigenvalue weighted by Crippen LogP contribution is 2.46. The molecule has 2 unspecified atom stereocenters. The standard InChI is InChI=1S/C14H29N3S/c1-13(2)6-8-18-11-14(13,10-15)17-7-5-12(9-17)16(3)4/h12H,5-11,15H2,1-4H3. The molecule has 2 saturated heterocycles. The SMILES string of the molecule is CN(C)C1CCN(C2(CN)CSCCC2(C)C)C1. The molecule has 0 bridgehead atoms. The third-order valence-electron chi connectivity index (χ3n) is 5.31. The second-order valence-electron chi connectivity index (χ2n) is 6.77. The molecule has 2 aliphatic rings. The molecule has 4 heteroatoms. The Bertz CT molecular complexity index is 293. The molecule has 2 fully saturated rings. The minimum atomic E-state index is 0.209. The number of hydrogen-bond donors (Lipinski definition) is 1. The van der Waals surface area contributed by atoms with Crippen LogP contribution in [-0.4, -0.2) is 66.6 Å². The van der Waals surface area contributed by atoms with Crippen LogP contribution in [0.1, 0.15) is 26.7 Å². The van der Waals surface area contributed by atoms with Crippen molar-refractivity contribution in [2.24, 2.45) is 11.1 Å². The van der Waals surface area contributed by atoms with E-state index < -0.39 is 0 Å². The number of thioether (sulfide) groups is 1. The Labute approximate surface area is 116 Å². The second kappa shape index (κ2) is 5.31. The third kappa shape index (κ3) is 2.33. The van der Waals surface area contributed by atoms with Gasteiger partial charge in [-0.3, -0.25) is 4.90 Å². The van der Waals surface area contributed by atoms with Crippen molar-refractivity contribution in [1.82, 2.24) is 9.80 Å². The predicted molar refractivity (Wildman–Crippen MR) is 81.2 cm³/mol. The van der Waals surface area contributed by atoms with Gasteiger partial charge in [0.25, 0.3) is 0 Å². The number of likely N-dealkylation sites (tertiary alicyclic amines) is 1. The van der Waals surface area contributed by atoms with Gasteiger partial charge in [-0.05, 0) is 38.1 Å². The van der Waals surface area contributed by atoms with Gasteiger partial charge >= 0.3 is 0 Å². The molecule has 2 N–H and O–H groups in total. The van der Waals surface area contributed by atoms with Crippen LogP contribution in [0.3, 0.4) is 0 Å². The van der Waals surface area contributed by atoms with Crippen LogP contribution in [0.2, 0.25) is 0 Å². The summed E-state index contributed by atoms with van der Waals surface area (Å²) in [4.78, 5) is 5.07. The summed E-state index contributed by atoms with van der Waals surface area (Å²) in [5.74, 6) is 2.50. The van der Waals surface area contributed by atoms with E-state index >= 15 is 0 Å². The van der Waals surface area contributed by atoms with Gasteiger partial charge in [-0.2, -0.15) is 11.8 Å². The van der Waals surface area contributed by atoms with Gasteiger partial charge in [-0.1, -0.05) is 13.8 Å². The summed E-state index contributed by atoms with van der Waals surface area (Å²) in [6.07, 6.45) is 2.58. The van der Waals surface area contributed by atoms with Crippen LogP contribution in [0.15, 0.2) is 0 Å². The molecule has 106 valence electrons. The van der Waals surface area contributed by atoms with Crippen LogP contribution in [0.5, 0.6) is 0 Å². The van der Waals surface area contributed by atoms with Crippen molar-refractivity contribution in [3.8, 4) is 0 Å². The number of nitrogens with zero attached hydrogens (tertiary/aromatic N) is 2. The Morgan fingerprint density at radius 3 is 2.61 bits per heavy atom. The molecule has 0 aromatic rings. The smallest absolute Gasteiger partial charge is 0.0473 e. The van der Waals surface area contributed by atoms with Crippen LogP contribution in [0.4, 0.5) is 0 Å². The van der Waals surface area contributed by atoms with Gasteiger partial charge in [0.15, 0.2) is 0 Å². The normalized spacial score (nSPS) is 37.3. The molecular formula is C14H29N3S. The lowest BCUT2D eigenvalue weighted by atomic mass is 9.70. The van der Waals surface area contributed by atoms with Crippen molar-refractivity contribution in [1.29, 1.82) is 0 Å². The fourth-order valence-electron chi connectivity index (χ4n) is 3.53. The van der Waals surface area contributed by atoms with Crippen molar-refractivity contribution < 1.29 is 0 Å². The number of rotatable bonds is 3. The second-order valence-corrected chi connectivity index (χ2v) is 7.88. The zero-order chi connectivity index (χ0) is 13.4. The van der Waals surface area contributed by atoms with Crippen molar-refractivity contribution >= 4 is 11.8 Å². The first-order valence-corrected chi connectivity index (χ1v) is 8.28. The molecular weight excluding hydrogens is 242 g/mol. The number of nitrogens with two attached hydrogens (primary N) is 1. The topological polar surface area (TPSA) is 32.5 Å². The molecule has 0 radical (unpaired) electrons. The molecule has 0 aromatic carbocycles. The average molecular weight is 271 g/mol. The van der Waals surface area contributed by atoms with Gasteiger partial charge in [-0.15, -0.1) is 0 Å². The van der Waals surface area contributed by atoms with Crippen molar-refractivity contribution in [2.75, 3.05) is 45.2 Å². The summed E-state index contributed by atoms with van der Waals surface area (Å²) in [6.45, 7) is 8.04. The highest BCUT2D eigenvalue weighted by Gasteiger charge is 2.51. The first-order chi connectivity index (χ1) is 8.43. The van der Waals surface area contributed by atoms with Gasteiger partial charge in [0.1, 0.15) is 0 Å². The zero-order valence-corrected chi connectivity index (χ0v) is 13.2. The summed E-state index contributed by atoms with van der Waals surface area (Å²) in [6, 6.07) is 0.705. The van der Waals surface area contributed by atoms with Crippen LogP contribution in [0.25, 0.3) is 0 Å². The van der Waals surface area contributed by atoms with E-state index in [4.69, 9.17) is 5.73 Å². The Morgan fingerprint density at radius 1 is 1.39 bits per heavy atom. The fraction of sp³-hybridized carbons (Fsp3) is 1.00. The lowest BCUT2D eigenvalue weighted by molar-refractivity contribution is 0.0146. The van der Waals surface area contributed by atoms with Gasteiger partial charge < -0.3 is 10.6 Å².